The maximum atomic E-state index is 12.4. The summed E-state index contributed by atoms with van der Waals surface area (Å²) in [7, 11) is -4.62. The first-order valence-electron chi connectivity index (χ1n) is 6.67. The number of sulfone groups is 1. The van der Waals surface area contributed by atoms with Gasteiger partial charge in [-0.05, 0) is 37.1 Å². The Kier molecular flexibility index (Phi) is 5.30. The van der Waals surface area contributed by atoms with Crippen molar-refractivity contribution in [1.82, 2.24) is 5.32 Å². The van der Waals surface area contributed by atoms with Gasteiger partial charge < -0.3 is 15.4 Å². The van der Waals surface area contributed by atoms with Crippen LogP contribution in [0.2, 0.25) is 0 Å². The first kappa shape index (κ1) is 16.6. The van der Waals surface area contributed by atoms with Crippen molar-refractivity contribution in [3.63, 3.8) is 0 Å². The van der Waals surface area contributed by atoms with E-state index < -0.39 is 26.5 Å². The lowest BCUT2D eigenvalue weighted by Crippen LogP contribution is -2.42. The fourth-order valence-corrected chi connectivity index (χ4v) is 2.76. The van der Waals surface area contributed by atoms with Crippen LogP contribution in [0.3, 0.4) is 0 Å². The summed E-state index contributed by atoms with van der Waals surface area (Å²) in [5.74, 6) is -3.47. The van der Waals surface area contributed by atoms with Crippen molar-refractivity contribution in [2.45, 2.75) is 29.5 Å². The second kappa shape index (κ2) is 7.01. The van der Waals surface area contributed by atoms with Gasteiger partial charge in [-0.1, -0.05) is 0 Å². The number of hydrogen-bond acceptors (Lipinski definition) is 4. The summed E-state index contributed by atoms with van der Waals surface area (Å²) < 4.78 is 52.5. The molecule has 0 aromatic heterocycles. The van der Waals surface area contributed by atoms with Gasteiger partial charge in [0.05, 0.1) is 17.5 Å². The molecule has 0 aliphatic carbocycles. The van der Waals surface area contributed by atoms with Crippen LogP contribution in [-0.2, 0) is 14.6 Å². The number of hydrogen-bond donors (Lipinski definition) is 2. The Morgan fingerprint density at radius 2 is 1.95 bits per heavy atom. The van der Waals surface area contributed by atoms with Gasteiger partial charge in [0.2, 0.25) is 9.84 Å². The zero-order chi connectivity index (χ0) is 16.2. The first-order chi connectivity index (χ1) is 10.4. The van der Waals surface area contributed by atoms with E-state index in [0.717, 1.165) is 25.0 Å². The molecule has 1 fully saturated rings. The number of carbonyl (C=O) groups excluding carboxylic acids is 1. The van der Waals surface area contributed by atoms with E-state index in [1.165, 1.54) is 12.1 Å². The summed E-state index contributed by atoms with van der Waals surface area (Å²) in [5.41, 5.74) is 0.308. The summed E-state index contributed by atoms with van der Waals surface area (Å²) in [6, 6.07) is 4.03. The Hall–Kier alpha value is -1.74. The molecule has 1 aliphatic heterocycles. The van der Waals surface area contributed by atoms with E-state index in [0.29, 0.717) is 18.9 Å². The van der Waals surface area contributed by atoms with E-state index in [9.17, 15) is 22.0 Å². The van der Waals surface area contributed by atoms with Gasteiger partial charge in [-0.15, -0.1) is 0 Å². The largest absolute Gasteiger partial charge is 0.379 e. The highest BCUT2D eigenvalue weighted by Crippen LogP contribution is 2.20. The van der Waals surface area contributed by atoms with Gasteiger partial charge in [0.1, 0.15) is 0 Å². The molecular formula is C13H16F2N2O4S. The molecule has 0 radical (unpaired) electrons. The summed E-state index contributed by atoms with van der Waals surface area (Å²) in [6.07, 6.45) is 1.68. The van der Waals surface area contributed by atoms with Crippen LogP contribution in [0.5, 0.6) is 0 Å². The Labute approximate surface area is 126 Å². The molecule has 1 heterocycles. The average Bonchev–Trinajstić information content (AvgIpc) is 2.48. The zero-order valence-corrected chi connectivity index (χ0v) is 12.4. The molecule has 0 unspecified atom stereocenters. The molecule has 6 nitrogen and oxygen atoms in total. The number of rotatable bonds is 4. The third-order valence-corrected chi connectivity index (χ3v) is 4.57. The molecule has 1 aliphatic rings. The van der Waals surface area contributed by atoms with Crippen molar-refractivity contribution in [3.8, 4) is 0 Å². The quantitative estimate of drug-likeness (QED) is 0.882. The standard InChI is InChI=1S/C13H16F2N2O4S/c14-12(15)22(19,20)11-5-3-9(4-6-11)16-13(18)17-10-2-1-7-21-8-10/h3-6,10,12H,1-2,7-8H2,(H2,16,17,18)/t10-/m1/s1. The molecule has 1 aromatic carbocycles. The van der Waals surface area contributed by atoms with Crippen LogP contribution in [0.1, 0.15) is 12.8 Å². The van der Waals surface area contributed by atoms with Gasteiger partial charge >= 0.3 is 11.8 Å². The second-order valence-corrected chi connectivity index (χ2v) is 6.76. The van der Waals surface area contributed by atoms with Crippen LogP contribution < -0.4 is 10.6 Å². The van der Waals surface area contributed by atoms with Crippen molar-refractivity contribution in [3.05, 3.63) is 24.3 Å². The predicted molar refractivity (Wildman–Crippen MR) is 75.6 cm³/mol. The molecule has 2 N–H and O–H groups in total. The molecular weight excluding hydrogens is 318 g/mol. The van der Waals surface area contributed by atoms with E-state index in [2.05, 4.69) is 10.6 Å². The van der Waals surface area contributed by atoms with Crippen LogP contribution in [0.15, 0.2) is 29.2 Å². The third kappa shape index (κ3) is 4.14. The first-order valence-corrected chi connectivity index (χ1v) is 8.21. The van der Waals surface area contributed by atoms with Crippen molar-refractivity contribution in [2.75, 3.05) is 18.5 Å². The molecule has 9 heteroatoms. The van der Waals surface area contributed by atoms with Gasteiger partial charge in [0.25, 0.3) is 0 Å². The van der Waals surface area contributed by atoms with Crippen molar-refractivity contribution in [1.29, 1.82) is 0 Å². The molecule has 1 aromatic rings. The van der Waals surface area contributed by atoms with Crippen molar-refractivity contribution < 1.29 is 26.7 Å². The number of benzene rings is 1. The lowest BCUT2D eigenvalue weighted by Gasteiger charge is -2.23. The van der Waals surface area contributed by atoms with Crippen LogP contribution in [0.25, 0.3) is 0 Å². The maximum Gasteiger partial charge on any atom is 0.341 e. The molecule has 1 saturated heterocycles. The van der Waals surface area contributed by atoms with E-state index in [1.54, 1.807) is 0 Å². The predicted octanol–water partition coefficient (Wildman–Crippen LogP) is 1.98. The van der Waals surface area contributed by atoms with Gasteiger partial charge in [-0.2, -0.15) is 8.78 Å². The highest BCUT2D eigenvalue weighted by molar-refractivity contribution is 7.91. The van der Waals surface area contributed by atoms with E-state index in [1.807, 2.05) is 0 Å². The number of anilines is 1. The van der Waals surface area contributed by atoms with Crippen LogP contribution in [-0.4, -0.2) is 39.5 Å². The smallest absolute Gasteiger partial charge is 0.341 e. The molecule has 2 amide bonds. The van der Waals surface area contributed by atoms with Crippen molar-refractivity contribution in [2.24, 2.45) is 0 Å². The molecule has 22 heavy (non-hydrogen) atoms. The Balaban J connectivity index is 1.95. The molecule has 0 saturated carbocycles. The van der Waals surface area contributed by atoms with Gasteiger partial charge in [0.15, 0.2) is 0 Å². The Bertz CT molecular complexity index is 613. The fourth-order valence-electron chi connectivity index (χ4n) is 2.04. The second-order valence-electron chi connectivity index (χ2n) is 4.84. The highest BCUT2D eigenvalue weighted by atomic mass is 32.2. The Morgan fingerprint density at radius 3 is 2.50 bits per heavy atom. The van der Waals surface area contributed by atoms with Gasteiger partial charge in [-0.3, -0.25) is 0 Å². The number of ether oxygens (including phenoxy) is 1. The Morgan fingerprint density at radius 1 is 1.27 bits per heavy atom. The van der Waals surface area contributed by atoms with Gasteiger partial charge in [0, 0.05) is 12.3 Å². The minimum absolute atomic E-state index is 0.0766. The van der Waals surface area contributed by atoms with Crippen molar-refractivity contribution >= 4 is 21.6 Å². The zero-order valence-electron chi connectivity index (χ0n) is 11.6. The highest BCUT2D eigenvalue weighted by Gasteiger charge is 2.26. The van der Waals surface area contributed by atoms with Crippen LogP contribution >= 0.6 is 0 Å². The number of amides is 2. The molecule has 122 valence electrons. The van der Waals surface area contributed by atoms with E-state index in [-0.39, 0.29) is 6.04 Å². The molecule has 0 spiro atoms. The number of halogens is 2. The fraction of sp³-hybridized carbons (Fsp3) is 0.462. The summed E-state index contributed by atoms with van der Waals surface area (Å²) in [5, 5.41) is 5.23. The lowest BCUT2D eigenvalue weighted by atomic mass is 10.1. The maximum absolute atomic E-state index is 12.4. The molecule has 1 atom stereocenters. The van der Waals surface area contributed by atoms with Gasteiger partial charge in [-0.25, -0.2) is 13.2 Å². The average molecular weight is 334 g/mol. The third-order valence-electron chi connectivity index (χ3n) is 3.17. The minimum Gasteiger partial charge on any atom is -0.379 e. The number of alkyl halides is 2. The number of urea groups is 1. The minimum atomic E-state index is -4.62. The molecule has 2 rings (SSSR count). The summed E-state index contributed by atoms with van der Waals surface area (Å²) in [4.78, 5) is 11.3. The number of carbonyl (C=O) groups is 1. The number of nitrogens with one attached hydrogen (secondary N) is 2. The summed E-state index contributed by atoms with van der Waals surface area (Å²) in [6.45, 7) is 1.12. The van der Waals surface area contributed by atoms with Crippen LogP contribution in [0, 0.1) is 0 Å². The normalized spacial score (nSPS) is 19.0. The van der Waals surface area contributed by atoms with E-state index in [4.69, 9.17) is 4.74 Å². The molecule has 0 bridgehead atoms. The monoisotopic (exact) mass is 334 g/mol. The lowest BCUT2D eigenvalue weighted by molar-refractivity contribution is 0.0739. The SMILES string of the molecule is O=C(Nc1ccc(S(=O)(=O)C(F)F)cc1)N[C@@H]1CCCOC1. The topological polar surface area (TPSA) is 84.5 Å². The summed E-state index contributed by atoms with van der Waals surface area (Å²) >= 11 is 0. The van der Waals surface area contributed by atoms with E-state index >= 15 is 0 Å². The van der Waals surface area contributed by atoms with Crippen LogP contribution in [0.4, 0.5) is 19.3 Å².